The van der Waals surface area contributed by atoms with Gasteiger partial charge in [-0.3, -0.25) is 9.59 Å². The standard InChI is InChI=1S/C13H12FN3O5/c14-7-1-3-10-15-9(6-17(10)5-7)12(20)16-8(13(21)22)2-4-11(18)19/h1,3,5-6,8H,2,4H2,(H,16,20)(H,18,19)(H,21,22). The van der Waals surface area contributed by atoms with Gasteiger partial charge in [0.15, 0.2) is 0 Å². The van der Waals surface area contributed by atoms with E-state index in [-0.39, 0.29) is 12.1 Å². The van der Waals surface area contributed by atoms with E-state index in [2.05, 4.69) is 10.3 Å². The Morgan fingerprint density at radius 1 is 1.27 bits per heavy atom. The Bertz CT molecular complexity index is 742. The minimum Gasteiger partial charge on any atom is -0.481 e. The van der Waals surface area contributed by atoms with E-state index >= 15 is 0 Å². The third kappa shape index (κ3) is 3.57. The van der Waals surface area contributed by atoms with Gasteiger partial charge in [0.25, 0.3) is 5.91 Å². The minimum atomic E-state index is -1.34. The van der Waals surface area contributed by atoms with Crippen LogP contribution in [0.4, 0.5) is 4.39 Å². The van der Waals surface area contributed by atoms with Gasteiger partial charge in [-0.1, -0.05) is 0 Å². The lowest BCUT2D eigenvalue weighted by Gasteiger charge is -2.12. The fraction of sp³-hybridized carbons (Fsp3) is 0.231. The van der Waals surface area contributed by atoms with Crippen molar-refractivity contribution in [2.45, 2.75) is 18.9 Å². The molecule has 0 spiro atoms. The molecule has 116 valence electrons. The van der Waals surface area contributed by atoms with Gasteiger partial charge in [0.05, 0.1) is 0 Å². The van der Waals surface area contributed by atoms with E-state index in [4.69, 9.17) is 10.2 Å². The number of aromatic nitrogens is 2. The molecule has 2 aromatic heterocycles. The molecule has 0 aliphatic rings. The number of rotatable bonds is 6. The highest BCUT2D eigenvalue weighted by atomic mass is 19.1. The molecule has 3 N–H and O–H groups in total. The molecule has 0 fully saturated rings. The van der Waals surface area contributed by atoms with Gasteiger partial charge in [-0.05, 0) is 18.6 Å². The number of carboxylic acid groups (broad SMARTS) is 2. The van der Waals surface area contributed by atoms with Crippen molar-refractivity contribution in [1.82, 2.24) is 14.7 Å². The summed E-state index contributed by atoms with van der Waals surface area (Å²) in [7, 11) is 0. The molecule has 0 aliphatic heterocycles. The lowest BCUT2D eigenvalue weighted by molar-refractivity contribution is -0.140. The second kappa shape index (κ2) is 6.20. The highest BCUT2D eigenvalue weighted by Crippen LogP contribution is 2.08. The Morgan fingerprint density at radius 3 is 2.64 bits per heavy atom. The van der Waals surface area contributed by atoms with Gasteiger partial charge in [-0.2, -0.15) is 0 Å². The molecular formula is C13H12FN3O5. The second-order valence-electron chi connectivity index (χ2n) is 4.54. The first-order valence-electron chi connectivity index (χ1n) is 6.26. The molecule has 0 saturated carbocycles. The smallest absolute Gasteiger partial charge is 0.326 e. The molecule has 22 heavy (non-hydrogen) atoms. The van der Waals surface area contributed by atoms with Crippen LogP contribution in [0.1, 0.15) is 23.3 Å². The van der Waals surface area contributed by atoms with Crippen molar-refractivity contribution in [3.8, 4) is 0 Å². The number of fused-ring (bicyclic) bond motifs is 1. The first-order chi connectivity index (χ1) is 10.4. The molecule has 0 aromatic carbocycles. The minimum absolute atomic E-state index is 0.0906. The van der Waals surface area contributed by atoms with Crippen molar-refractivity contribution in [2.24, 2.45) is 0 Å². The lowest BCUT2D eigenvalue weighted by Crippen LogP contribution is -2.41. The number of imidazole rings is 1. The number of halogens is 1. The maximum absolute atomic E-state index is 13.1. The van der Waals surface area contributed by atoms with Gasteiger partial charge >= 0.3 is 11.9 Å². The maximum atomic E-state index is 13.1. The number of hydrogen-bond donors (Lipinski definition) is 3. The summed E-state index contributed by atoms with van der Waals surface area (Å²) in [6.45, 7) is 0. The summed E-state index contributed by atoms with van der Waals surface area (Å²) in [6.07, 6.45) is 1.73. The first-order valence-corrected chi connectivity index (χ1v) is 6.26. The van der Waals surface area contributed by atoms with Crippen LogP contribution >= 0.6 is 0 Å². The zero-order chi connectivity index (χ0) is 16.3. The van der Waals surface area contributed by atoms with Crippen LogP contribution in [0.2, 0.25) is 0 Å². The normalized spacial score (nSPS) is 12.0. The van der Waals surface area contributed by atoms with Gasteiger partial charge < -0.3 is 19.9 Å². The average molecular weight is 309 g/mol. The van der Waals surface area contributed by atoms with E-state index in [0.29, 0.717) is 5.65 Å². The number of hydrogen-bond acceptors (Lipinski definition) is 4. The van der Waals surface area contributed by atoms with Crippen LogP contribution in [0, 0.1) is 5.82 Å². The number of amides is 1. The van der Waals surface area contributed by atoms with Crippen molar-refractivity contribution in [2.75, 3.05) is 0 Å². The number of nitrogens with one attached hydrogen (secondary N) is 1. The summed E-state index contributed by atoms with van der Waals surface area (Å²) in [5.74, 6) is -3.79. The van der Waals surface area contributed by atoms with Gasteiger partial charge in [0, 0.05) is 18.8 Å². The van der Waals surface area contributed by atoms with Gasteiger partial charge in [0.1, 0.15) is 23.2 Å². The quantitative estimate of drug-likeness (QED) is 0.715. The summed E-state index contributed by atoms with van der Waals surface area (Å²) in [5.41, 5.74) is 0.233. The van der Waals surface area contributed by atoms with Crippen molar-refractivity contribution in [3.63, 3.8) is 0 Å². The van der Waals surface area contributed by atoms with Crippen LogP contribution in [-0.2, 0) is 9.59 Å². The molecule has 2 aromatic rings. The molecule has 1 atom stereocenters. The van der Waals surface area contributed by atoms with Crippen molar-refractivity contribution >= 4 is 23.5 Å². The zero-order valence-electron chi connectivity index (χ0n) is 11.2. The SMILES string of the molecule is O=C(O)CCC(NC(=O)c1cn2cc(F)ccc2n1)C(=O)O. The molecule has 1 amide bonds. The Kier molecular flexibility index (Phi) is 4.35. The molecule has 2 heterocycles. The summed E-state index contributed by atoms with van der Waals surface area (Å²) in [6, 6.07) is 1.20. The maximum Gasteiger partial charge on any atom is 0.326 e. The molecule has 2 rings (SSSR count). The van der Waals surface area contributed by atoms with E-state index in [1.807, 2.05) is 0 Å². The monoisotopic (exact) mass is 309 g/mol. The van der Waals surface area contributed by atoms with Crippen LogP contribution in [0.15, 0.2) is 24.5 Å². The third-order valence-electron chi connectivity index (χ3n) is 2.90. The van der Waals surface area contributed by atoms with Crippen LogP contribution in [0.3, 0.4) is 0 Å². The predicted molar refractivity (Wildman–Crippen MR) is 70.9 cm³/mol. The van der Waals surface area contributed by atoms with Gasteiger partial charge in [-0.15, -0.1) is 0 Å². The molecule has 0 radical (unpaired) electrons. The molecule has 0 bridgehead atoms. The number of pyridine rings is 1. The van der Waals surface area contributed by atoms with E-state index in [1.54, 1.807) is 0 Å². The molecule has 8 nitrogen and oxygen atoms in total. The summed E-state index contributed by atoms with van der Waals surface area (Å²) < 4.78 is 14.3. The van der Waals surface area contributed by atoms with Crippen LogP contribution in [0.25, 0.3) is 5.65 Å². The number of nitrogens with zero attached hydrogens (tertiary/aromatic N) is 2. The summed E-state index contributed by atoms with van der Waals surface area (Å²) >= 11 is 0. The van der Waals surface area contributed by atoms with Crippen LogP contribution in [-0.4, -0.2) is 43.5 Å². The van der Waals surface area contributed by atoms with E-state index in [1.165, 1.54) is 22.7 Å². The van der Waals surface area contributed by atoms with Gasteiger partial charge in [-0.25, -0.2) is 14.2 Å². The largest absolute Gasteiger partial charge is 0.481 e. The topological polar surface area (TPSA) is 121 Å². The highest BCUT2D eigenvalue weighted by molar-refractivity contribution is 5.95. The lowest BCUT2D eigenvalue weighted by atomic mass is 10.1. The molecule has 0 saturated heterocycles. The fourth-order valence-corrected chi connectivity index (χ4v) is 1.83. The predicted octanol–water partition coefficient (Wildman–Crippen LogP) is 0.521. The van der Waals surface area contributed by atoms with Crippen molar-refractivity contribution in [1.29, 1.82) is 0 Å². The summed E-state index contributed by atoms with van der Waals surface area (Å²) in [4.78, 5) is 37.4. The molecule has 9 heteroatoms. The molecule has 1 unspecified atom stereocenters. The zero-order valence-corrected chi connectivity index (χ0v) is 11.2. The Balaban J connectivity index is 2.14. The van der Waals surface area contributed by atoms with Gasteiger partial charge in [0.2, 0.25) is 0 Å². The molecule has 0 aliphatic carbocycles. The Morgan fingerprint density at radius 2 is 2.00 bits per heavy atom. The van der Waals surface area contributed by atoms with E-state index < -0.39 is 36.1 Å². The van der Waals surface area contributed by atoms with Crippen LogP contribution in [0.5, 0.6) is 0 Å². The Labute approximate surface area is 123 Å². The third-order valence-corrected chi connectivity index (χ3v) is 2.90. The second-order valence-corrected chi connectivity index (χ2v) is 4.54. The highest BCUT2D eigenvalue weighted by Gasteiger charge is 2.22. The van der Waals surface area contributed by atoms with E-state index in [9.17, 15) is 18.8 Å². The van der Waals surface area contributed by atoms with E-state index in [0.717, 1.165) is 6.20 Å². The first kappa shape index (κ1) is 15.4. The summed E-state index contributed by atoms with van der Waals surface area (Å²) in [5, 5.41) is 19.7. The Hall–Kier alpha value is -2.97. The average Bonchev–Trinajstić information content (AvgIpc) is 2.85. The number of carbonyl (C=O) groups excluding carboxylic acids is 1. The number of aliphatic carboxylic acids is 2. The van der Waals surface area contributed by atoms with Crippen molar-refractivity contribution < 1.29 is 29.0 Å². The van der Waals surface area contributed by atoms with Crippen molar-refractivity contribution in [3.05, 3.63) is 36.0 Å². The fourth-order valence-electron chi connectivity index (χ4n) is 1.83. The molecular weight excluding hydrogens is 297 g/mol. The van der Waals surface area contributed by atoms with Crippen LogP contribution < -0.4 is 5.32 Å². The number of carboxylic acids is 2. The number of carbonyl (C=O) groups is 3.